The van der Waals surface area contributed by atoms with Gasteiger partial charge in [0.05, 0.1) is 9.79 Å². The summed E-state index contributed by atoms with van der Waals surface area (Å²) in [5.41, 5.74) is 0.440. The van der Waals surface area contributed by atoms with Crippen molar-refractivity contribution in [1.29, 1.82) is 0 Å². The quantitative estimate of drug-likeness (QED) is 0.489. The molecule has 0 unspecified atom stereocenters. The van der Waals surface area contributed by atoms with Crippen molar-refractivity contribution in [3.05, 3.63) is 54.3 Å². The van der Waals surface area contributed by atoms with Crippen LogP contribution in [0.3, 0.4) is 0 Å². The average molecular weight is 472 g/mol. The topological polar surface area (TPSA) is 113 Å². The molecule has 170 valence electrons. The first-order chi connectivity index (χ1) is 14.6. The van der Waals surface area contributed by atoms with Gasteiger partial charge in [0.1, 0.15) is 5.82 Å². The Balaban J connectivity index is 1.84. The molecule has 0 radical (unpaired) electrons. The summed E-state index contributed by atoms with van der Waals surface area (Å²) < 4.78 is 65.7. The largest absolute Gasteiger partial charge is 0.326 e. The van der Waals surface area contributed by atoms with Gasteiger partial charge in [0.25, 0.3) is 0 Å². The normalized spacial score (nSPS) is 12.1. The number of hydrogen-bond donors (Lipinski definition) is 2. The summed E-state index contributed by atoms with van der Waals surface area (Å²) >= 11 is 0. The van der Waals surface area contributed by atoms with Crippen molar-refractivity contribution in [2.45, 2.75) is 36.5 Å². The summed E-state index contributed by atoms with van der Waals surface area (Å²) in [6.07, 6.45) is 0.312. The van der Waals surface area contributed by atoms with Crippen LogP contribution in [0.5, 0.6) is 0 Å². The van der Waals surface area contributed by atoms with Crippen molar-refractivity contribution >= 4 is 31.6 Å². The van der Waals surface area contributed by atoms with E-state index in [2.05, 4.69) is 10.0 Å². The zero-order valence-corrected chi connectivity index (χ0v) is 19.0. The molecule has 0 aromatic heterocycles. The SMILES string of the molecule is CCN(CC)S(=O)(=O)c1ccc(NC(=O)CCCNS(=O)(=O)c2ccc(F)cc2)cc1. The Morgan fingerprint density at radius 2 is 1.45 bits per heavy atom. The van der Waals surface area contributed by atoms with E-state index in [0.717, 1.165) is 24.3 Å². The minimum Gasteiger partial charge on any atom is -0.326 e. The van der Waals surface area contributed by atoms with Gasteiger partial charge in [-0.3, -0.25) is 4.79 Å². The molecule has 0 fully saturated rings. The lowest BCUT2D eigenvalue weighted by Crippen LogP contribution is -2.30. The maximum atomic E-state index is 12.9. The average Bonchev–Trinajstić information content (AvgIpc) is 2.72. The van der Waals surface area contributed by atoms with Crippen LogP contribution in [0.2, 0.25) is 0 Å². The Morgan fingerprint density at radius 3 is 2.00 bits per heavy atom. The molecule has 0 aliphatic heterocycles. The zero-order valence-electron chi connectivity index (χ0n) is 17.3. The predicted octanol–water partition coefficient (Wildman–Crippen LogP) is 2.55. The molecule has 0 heterocycles. The van der Waals surface area contributed by atoms with E-state index >= 15 is 0 Å². The highest BCUT2D eigenvalue weighted by atomic mass is 32.2. The highest BCUT2D eigenvalue weighted by Crippen LogP contribution is 2.18. The monoisotopic (exact) mass is 471 g/mol. The van der Waals surface area contributed by atoms with Gasteiger partial charge in [-0.15, -0.1) is 0 Å². The summed E-state index contributed by atoms with van der Waals surface area (Å²) in [6, 6.07) is 10.3. The highest BCUT2D eigenvalue weighted by molar-refractivity contribution is 7.89. The second-order valence-corrected chi connectivity index (χ2v) is 10.3. The van der Waals surface area contributed by atoms with Crippen LogP contribution in [-0.2, 0) is 24.8 Å². The third-order valence-electron chi connectivity index (χ3n) is 4.48. The lowest BCUT2D eigenvalue weighted by Gasteiger charge is -2.18. The summed E-state index contributed by atoms with van der Waals surface area (Å²) in [4.78, 5) is 12.2. The van der Waals surface area contributed by atoms with Crippen molar-refractivity contribution in [3.8, 4) is 0 Å². The van der Waals surface area contributed by atoms with Gasteiger partial charge in [0, 0.05) is 31.7 Å². The van der Waals surface area contributed by atoms with Gasteiger partial charge in [0.2, 0.25) is 26.0 Å². The summed E-state index contributed by atoms with van der Waals surface area (Å²) in [5.74, 6) is -0.866. The first-order valence-corrected chi connectivity index (χ1v) is 12.7. The number of carbonyl (C=O) groups is 1. The zero-order chi connectivity index (χ0) is 23.1. The van der Waals surface area contributed by atoms with E-state index < -0.39 is 25.9 Å². The summed E-state index contributed by atoms with van der Waals surface area (Å²) in [6.45, 7) is 4.28. The van der Waals surface area contributed by atoms with Gasteiger partial charge >= 0.3 is 0 Å². The summed E-state index contributed by atoms with van der Waals surface area (Å²) in [5, 5.41) is 2.65. The fraction of sp³-hybridized carbons (Fsp3) is 0.350. The van der Waals surface area contributed by atoms with Crippen LogP contribution in [0, 0.1) is 5.82 Å². The number of halogens is 1. The third-order valence-corrected chi connectivity index (χ3v) is 8.02. The fourth-order valence-electron chi connectivity index (χ4n) is 2.80. The number of anilines is 1. The van der Waals surface area contributed by atoms with Crippen LogP contribution in [0.4, 0.5) is 10.1 Å². The van der Waals surface area contributed by atoms with Crippen molar-refractivity contribution in [2.24, 2.45) is 0 Å². The van der Waals surface area contributed by atoms with E-state index in [9.17, 15) is 26.0 Å². The van der Waals surface area contributed by atoms with Crippen LogP contribution in [0.25, 0.3) is 0 Å². The van der Waals surface area contributed by atoms with Crippen LogP contribution in [-0.4, -0.2) is 46.7 Å². The lowest BCUT2D eigenvalue weighted by atomic mass is 10.2. The van der Waals surface area contributed by atoms with E-state index in [1.165, 1.54) is 28.6 Å². The molecule has 31 heavy (non-hydrogen) atoms. The van der Waals surface area contributed by atoms with Gasteiger partial charge in [0.15, 0.2) is 0 Å². The van der Waals surface area contributed by atoms with Crippen molar-refractivity contribution in [2.75, 3.05) is 25.0 Å². The number of hydrogen-bond acceptors (Lipinski definition) is 5. The van der Waals surface area contributed by atoms with Gasteiger partial charge in [-0.25, -0.2) is 25.9 Å². The Hall–Kier alpha value is -2.34. The molecule has 2 aromatic carbocycles. The van der Waals surface area contributed by atoms with Crippen molar-refractivity contribution in [3.63, 3.8) is 0 Å². The number of carbonyl (C=O) groups excluding carboxylic acids is 1. The molecule has 0 spiro atoms. The molecule has 0 saturated heterocycles. The number of nitrogens with zero attached hydrogens (tertiary/aromatic N) is 1. The van der Waals surface area contributed by atoms with Crippen LogP contribution in [0.15, 0.2) is 58.3 Å². The standard InChI is InChI=1S/C20H26FN3O5S2/c1-3-24(4-2)31(28,29)19-13-9-17(10-14-19)23-20(25)6-5-15-22-30(26,27)18-11-7-16(21)8-12-18/h7-14,22H,3-6,15H2,1-2H3,(H,23,25). The molecular formula is C20H26FN3O5S2. The van der Waals surface area contributed by atoms with E-state index in [1.54, 1.807) is 13.8 Å². The van der Waals surface area contributed by atoms with Crippen LogP contribution < -0.4 is 10.0 Å². The number of sulfonamides is 2. The smallest absolute Gasteiger partial charge is 0.243 e. The predicted molar refractivity (Wildman–Crippen MR) is 116 cm³/mol. The Bertz CT molecular complexity index is 1080. The molecule has 0 aliphatic rings. The maximum absolute atomic E-state index is 12.9. The molecular weight excluding hydrogens is 445 g/mol. The van der Waals surface area contributed by atoms with Crippen LogP contribution in [0.1, 0.15) is 26.7 Å². The van der Waals surface area contributed by atoms with E-state index in [0.29, 0.717) is 18.8 Å². The molecule has 0 aliphatic carbocycles. The second-order valence-electron chi connectivity index (χ2n) is 6.62. The van der Waals surface area contributed by atoms with Gasteiger partial charge in [-0.2, -0.15) is 4.31 Å². The van der Waals surface area contributed by atoms with E-state index in [-0.39, 0.29) is 35.1 Å². The molecule has 0 atom stereocenters. The first-order valence-electron chi connectivity index (χ1n) is 9.75. The molecule has 0 bridgehead atoms. The van der Waals surface area contributed by atoms with Crippen molar-refractivity contribution in [1.82, 2.24) is 9.03 Å². The van der Waals surface area contributed by atoms with Crippen molar-refractivity contribution < 1.29 is 26.0 Å². The molecule has 2 rings (SSSR count). The highest BCUT2D eigenvalue weighted by Gasteiger charge is 2.21. The molecule has 2 aromatic rings. The number of benzene rings is 2. The van der Waals surface area contributed by atoms with Crippen LogP contribution >= 0.6 is 0 Å². The number of amides is 1. The third kappa shape index (κ3) is 6.82. The Kier molecular flexibility index (Phi) is 8.69. The fourth-order valence-corrected chi connectivity index (χ4v) is 5.33. The lowest BCUT2D eigenvalue weighted by molar-refractivity contribution is -0.116. The minimum atomic E-state index is -3.77. The van der Waals surface area contributed by atoms with Gasteiger partial charge in [-0.1, -0.05) is 13.8 Å². The minimum absolute atomic E-state index is 0.0359. The molecule has 2 N–H and O–H groups in total. The molecule has 11 heteroatoms. The number of nitrogens with one attached hydrogen (secondary N) is 2. The first kappa shape index (κ1) is 24.9. The molecule has 8 nitrogen and oxygen atoms in total. The Morgan fingerprint density at radius 1 is 0.903 bits per heavy atom. The van der Waals surface area contributed by atoms with Gasteiger partial charge < -0.3 is 5.32 Å². The second kappa shape index (κ2) is 10.8. The number of rotatable bonds is 11. The van der Waals surface area contributed by atoms with E-state index in [4.69, 9.17) is 0 Å². The maximum Gasteiger partial charge on any atom is 0.243 e. The van der Waals surface area contributed by atoms with Gasteiger partial charge in [-0.05, 0) is 55.0 Å². The molecule has 1 amide bonds. The van der Waals surface area contributed by atoms with E-state index in [1.807, 2.05) is 0 Å². The summed E-state index contributed by atoms with van der Waals surface area (Å²) in [7, 11) is -7.34. The molecule has 0 saturated carbocycles. The Labute approximate surface area is 182 Å².